The summed E-state index contributed by atoms with van der Waals surface area (Å²) in [4.78, 5) is 10.6. The number of benzene rings is 1. The maximum absolute atomic E-state index is 13.0. The second kappa shape index (κ2) is 8.25. The van der Waals surface area contributed by atoms with Crippen molar-refractivity contribution in [2.75, 3.05) is 18.0 Å². The minimum atomic E-state index is -0.401. The van der Waals surface area contributed by atoms with Crippen LogP contribution in [0.3, 0.4) is 0 Å². The van der Waals surface area contributed by atoms with Gasteiger partial charge in [-0.05, 0) is 24.3 Å². The van der Waals surface area contributed by atoms with E-state index in [9.17, 15) is 14.8 Å². The molecule has 1 unspecified atom stereocenters. The molecule has 1 atom stereocenters. The highest BCUT2D eigenvalue weighted by atomic mass is 19.1. The van der Waals surface area contributed by atoms with Crippen molar-refractivity contribution in [3.05, 3.63) is 71.8 Å². The van der Waals surface area contributed by atoms with E-state index in [4.69, 9.17) is 4.74 Å². The van der Waals surface area contributed by atoms with E-state index >= 15 is 0 Å². The van der Waals surface area contributed by atoms with Gasteiger partial charge in [-0.3, -0.25) is 0 Å². The van der Waals surface area contributed by atoms with Gasteiger partial charge in [-0.15, -0.1) is 0 Å². The Morgan fingerprint density at radius 3 is 2.83 bits per heavy atom. The first kappa shape index (κ1) is 18.8. The molecule has 0 radical (unpaired) electrons. The van der Waals surface area contributed by atoms with E-state index in [0.29, 0.717) is 29.4 Å². The average Bonchev–Trinajstić information content (AvgIpc) is 3.23. The first-order chi connectivity index (χ1) is 14.2. The van der Waals surface area contributed by atoms with E-state index in [-0.39, 0.29) is 12.7 Å². The van der Waals surface area contributed by atoms with Crippen LogP contribution in [0, 0.1) is 17.1 Å². The second-order valence-corrected chi connectivity index (χ2v) is 6.77. The number of hydrogen-bond acceptors (Lipinski definition) is 6. The van der Waals surface area contributed by atoms with E-state index in [2.05, 4.69) is 20.9 Å². The Morgan fingerprint density at radius 2 is 2.07 bits per heavy atom. The number of hydrogen-bond donors (Lipinski definition) is 1. The van der Waals surface area contributed by atoms with Crippen molar-refractivity contribution >= 4 is 5.69 Å². The lowest BCUT2D eigenvalue weighted by atomic mass is 10.0. The molecule has 0 aliphatic carbocycles. The van der Waals surface area contributed by atoms with Crippen molar-refractivity contribution in [2.45, 2.75) is 19.1 Å². The molecule has 0 spiro atoms. The number of halogens is 1. The van der Waals surface area contributed by atoms with Crippen molar-refractivity contribution in [3.63, 3.8) is 0 Å². The Kier molecular flexibility index (Phi) is 5.36. The van der Waals surface area contributed by atoms with Crippen LogP contribution in [0.15, 0.2) is 54.7 Å². The Hall–Kier alpha value is -3.50. The third-order valence-electron chi connectivity index (χ3n) is 4.90. The summed E-state index contributed by atoms with van der Waals surface area (Å²) in [5.41, 5.74) is 3.32. The highest BCUT2D eigenvalue weighted by Gasteiger charge is 2.26. The molecule has 1 N–H and O–H groups in total. The van der Waals surface area contributed by atoms with Crippen LogP contribution in [0.25, 0.3) is 11.3 Å². The number of aliphatic hydroxyl groups is 1. The van der Waals surface area contributed by atoms with E-state index < -0.39 is 5.82 Å². The highest BCUT2D eigenvalue weighted by molar-refractivity contribution is 5.69. The first-order valence-electron chi connectivity index (χ1n) is 9.31. The molecule has 1 fully saturated rings. The van der Waals surface area contributed by atoms with Crippen LogP contribution in [0.4, 0.5) is 10.1 Å². The fraction of sp³-hybridized carbons (Fsp3) is 0.227. The minimum absolute atomic E-state index is 0.0847. The number of ether oxygens (including phenoxy) is 1. The SMILES string of the molecule is N#Cc1ccccc1-c1ccc(N2CCC(Oc3ccc(F)cn3)C2)c(CO)n1. The van der Waals surface area contributed by atoms with Gasteiger partial charge in [0.2, 0.25) is 5.88 Å². The number of aromatic nitrogens is 2. The summed E-state index contributed by atoms with van der Waals surface area (Å²) >= 11 is 0. The molecule has 1 aliphatic heterocycles. The van der Waals surface area contributed by atoms with E-state index in [1.165, 1.54) is 12.1 Å². The number of nitriles is 1. The van der Waals surface area contributed by atoms with Crippen LogP contribution in [0.2, 0.25) is 0 Å². The Bertz CT molecular complexity index is 1050. The molecule has 7 heteroatoms. The maximum atomic E-state index is 13.0. The summed E-state index contributed by atoms with van der Waals surface area (Å²) in [6.07, 6.45) is 1.83. The maximum Gasteiger partial charge on any atom is 0.213 e. The molecule has 1 aliphatic rings. The van der Waals surface area contributed by atoms with Gasteiger partial charge in [-0.2, -0.15) is 5.26 Å². The molecule has 0 saturated carbocycles. The fourth-order valence-electron chi connectivity index (χ4n) is 3.50. The quantitative estimate of drug-likeness (QED) is 0.720. The molecular weight excluding hydrogens is 371 g/mol. The molecule has 1 saturated heterocycles. The van der Waals surface area contributed by atoms with E-state index in [0.717, 1.165) is 30.4 Å². The molecule has 4 rings (SSSR count). The van der Waals surface area contributed by atoms with Gasteiger partial charge in [0.15, 0.2) is 0 Å². The van der Waals surface area contributed by atoms with Gasteiger partial charge in [0.1, 0.15) is 11.9 Å². The minimum Gasteiger partial charge on any atom is -0.472 e. The lowest BCUT2D eigenvalue weighted by Crippen LogP contribution is -2.26. The van der Waals surface area contributed by atoms with Gasteiger partial charge in [-0.25, -0.2) is 14.4 Å². The van der Waals surface area contributed by atoms with Crippen LogP contribution in [0.5, 0.6) is 5.88 Å². The van der Waals surface area contributed by atoms with Crippen molar-refractivity contribution in [1.29, 1.82) is 5.26 Å². The van der Waals surface area contributed by atoms with Crippen LogP contribution in [-0.2, 0) is 6.61 Å². The number of nitrogens with zero attached hydrogens (tertiary/aromatic N) is 4. The van der Waals surface area contributed by atoms with E-state index in [1.807, 2.05) is 30.3 Å². The third kappa shape index (κ3) is 4.03. The normalized spacial score (nSPS) is 15.9. The molecule has 3 aromatic rings. The lowest BCUT2D eigenvalue weighted by Gasteiger charge is -2.21. The van der Waals surface area contributed by atoms with Gasteiger partial charge in [0.25, 0.3) is 0 Å². The second-order valence-electron chi connectivity index (χ2n) is 6.77. The van der Waals surface area contributed by atoms with Crippen LogP contribution in [0.1, 0.15) is 17.7 Å². The third-order valence-corrected chi connectivity index (χ3v) is 4.90. The molecule has 0 bridgehead atoms. The summed E-state index contributed by atoms with van der Waals surface area (Å²) in [6, 6.07) is 16.0. The van der Waals surface area contributed by atoms with Crippen molar-refractivity contribution in [3.8, 4) is 23.2 Å². The number of rotatable bonds is 5. The predicted octanol–water partition coefficient (Wildman–Crippen LogP) is 3.30. The molecule has 1 aromatic carbocycles. The predicted molar refractivity (Wildman–Crippen MR) is 106 cm³/mol. The zero-order valence-corrected chi connectivity index (χ0v) is 15.6. The highest BCUT2D eigenvalue weighted by Crippen LogP contribution is 2.29. The summed E-state index contributed by atoms with van der Waals surface area (Å²) in [7, 11) is 0. The van der Waals surface area contributed by atoms with Gasteiger partial charge < -0.3 is 14.7 Å². The first-order valence-corrected chi connectivity index (χ1v) is 9.31. The topological polar surface area (TPSA) is 82.3 Å². The Morgan fingerprint density at radius 1 is 1.21 bits per heavy atom. The molecule has 3 heterocycles. The molecule has 29 heavy (non-hydrogen) atoms. The molecular formula is C22H19FN4O2. The van der Waals surface area contributed by atoms with Gasteiger partial charge in [-0.1, -0.05) is 18.2 Å². The Balaban J connectivity index is 1.53. The lowest BCUT2D eigenvalue weighted by molar-refractivity contribution is 0.215. The zero-order chi connectivity index (χ0) is 20.2. The smallest absolute Gasteiger partial charge is 0.213 e. The van der Waals surface area contributed by atoms with Gasteiger partial charge in [0, 0.05) is 24.6 Å². The summed E-state index contributed by atoms with van der Waals surface area (Å²) in [6.45, 7) is 1.15. The molecule has 2 aromatic heterocycles. The van der Waals surface area contributed by atoms with Crippen molar-refractivity contribution in [1.82, 2.24) is 9.97 Å². The number of aliphatic hydroxyl groups excluding tert-OH is 1. The van der Waals surface area contributed by atoms with Gasteiger partial charge in [0.05, 0.1) is 48.1 Å². The largest absolute Gasteiger partial charge is 0.472 e. The van der Waals surface area contributed by atoms with Crippen LogP contribution >= 0.6 is 0 Å². The molecule has 146 valence electrons. The molecule has 6 nitrogen and oxygen atoms in total. The van der Waals surface area contributed by atoms with Crippen LogP contribution in [-0.4, -0.2) is 34.3 Å². The fourth-order valence-corrected chi connectivity index (χ4v) is 3.50. The number of anilines is 1. The average molecular weight is 390 g/mol. The van der Waals surface area contributed by atoms with Crippen molar-refractivity contribution < 1.29 is 14.2 Å². The van der Waals surface area contributed by atoms with Crippen molar-refractivity contribution in [2.24, 2.45) is 0 Å². The number of pyridine rings is 2. The summed E-state index contributed by atoms with van der Waals surface area (Å²) < 4.78 is 18.8. The van der Waals surface area contributed by atoms with E-state index in [1.54, 1.807) is 6.07 Å². The summed E-state index contributed by atoms with van der Waals surface area (Å²) in [5, 5.41) is 19.2. The van der Waals surface area contributed by atoms with Crippen LogP contribution < -0.4 is 9.64 Å². The Labute approximate surface area is 167 Å². The molecule has 0 amide bonds. The zero-order valence-electron chi connectivity index (χ0n) is 15.6. The standard InChI is InChI=1S/C22H19FN4O2/c23-16-5-8-22(25-12-16)29-17-9-10-27(13-17)21-7-6-19(26-20(21)14-28)18-4-2-1-3-15(18)11-24/h1-8,12,17,28H,9-10,13-14H2. The van der Waals surface area contributed by atoms with Gasteiger partial charge >= 0.3 is 0 Å². The monoisotopic (exact) mass is 390 g/mol. The summed E-state index contributed by atoms with van der Waals surface area (Å²) in [5.74, 6) is -0.00987.